The topological polar surface area (TPSA) is 34.1 Å². The van der Waals surface area contributed by atoms with Gasteiger partial charge in [-0.2, -0.15) is 0 Å². The number of carbonyl (C=O) groups is 2. The van der Waals surface area contributed by atoms with Crippen LogP contribution in [0.2, 0.25) is 0 Å². The van der Waals surface area contributed by atoms with Gasteiger partial charge in [-0.3, -0.25) is 0 Å². The van der Waals surface area contributed by atoms with Crippen LogP contribution in [0, 0.1) is 0 Å². The second-order valence-electron chi connectivity index (χ2n) is 1.34. The Hall–Kier alpha value is 0.0283. The third-order valence-electron chi connectivity index (χ3n) is 0. The molecule has 0 unspecified atom stereocenters. The van der Waals surface area contributed by atoms with Gasteiger partial charge in [0, 0.05) is 0 Å². The Bertz CT molecular complexity index is 68.4. The van der Waals surface area contributed by atoms with Crippen LogP contribution in [0.15, 0.2) is 0 Å². The molecule has 0 aromatic rings. The van der Waals surface area contributed by atoms with Crippen LogP contribution in [-0.2, 0) is 29.4 Å². The summed E-state index contributed by atoms with van der Waals surface area (Å²) in [5.74, 6) is 0.167. The van der Waals surface area contributed by atoms with Gasteiger partial charge in [-0.25, -0.2) is 0 Å². The van der Waals surface area contributed by atoms with Crippen LogP contribution in [0.1, 0.15) is 20.8 Å². The molecule has 0 N–H and O–H groups in total. The quantitative estimate of drug-likeness (QED) is 0.658. The van der Waals surface area contributed by atoms with Crippen LogP contribution in [0.4, 0.5) is 0 Å². The van der Waals surface area contributed by atoms with Gasteiger partial charge in [-0.15, -0.1) is 0 Å². The van der Waals surface area contributed by atoms with Crippen molar-refractivity contribution >= 4 is 9.96 Å². The number of hydrogen-bond donors (Lipinski definition) is 0. The van der Waals surface area contributed by atoms with E-state index in [4.69, 9.17) is 0 Å². The van der Waals surface area contributed by atoms with Crippen LogP contribution in [-0.4, -0.2) is 9.96 Å². The summed E-state index contributed by atoms with van der Waals surface area (Å²) in [6.45, 7) is 4.57. The van der Waals surface area contributed by atoms with Gasteiger partial charge in [0.05, 0.1) is 0 Å². The van der Waals surface area contributed by atoms with Crippen molar-refractivity contribution in [3.05, 3.63) is 0 Å². The van der Waals surface area contributed by atoms with Crippen molar-refractivity contribution in [2.24, 2.45) is 0 Å². The van der Waals surface area contributed by atoms with Gasteiger partial charge in [-0.1, -0.05) is 0 Å². The third-order valence-corrected chi connectivity index (χ3v) is 0. The predicted molar refractivity (Wildman–Crippen MR) is 27.0 cm³/mol. The molecule has 0 aromatic heterocycles. The van der Waals surface area contributed by atoms with Gasteiger partial charge in [0.2, 0.25) is 0 Å². The van der Waals surface area contributed by atoms with E-state index in [2.05, 4.69) is 0 Å². The normalized spacial score (nSPS) is 6.62. The molecular formula is C5H9O2Pt. The van der Waals surface area contributed by atoms with Gasteiger partial charge in [0.1, 0.15) is 5.78 Å². The second kappa shape index (κ2) is 7.03. The molecule has 0 radical (unpaired) electrons. The van der Waals surface area contributed by atoms with E-state index >= 15 is 0 Å². The molecule has 0 amide bonds. The molecule has 0 bridgehead atoms. The average molecular weight is 296 g/mol. The first-order valence-corrected chi connectivity index (χ1v) is 3.20. The van der Waals surface area contributed by atoms with Crippen LogP contribution >= 0.6 is 0 Å². The van der Waals surface area contributed by atoms with Crippen molar-refractivity contribution in [3.8, 4) is 0 Å². The molecule has 8 heavy (non-hydrogen) atoms. The minimum atomic E-state index is 0.139. The standard InChI is InChI=1S/C3H6O.C2H3O.Pt/c1-3(2)4;1-2-3;/h1-2H3;1H3;. The van der Waals surface area contributed by atoms with Crippen molar-refractivity contribution in [2.45, 2.75) is 20.8 Å². The molecule has 0 heterocycles. The summed E-state index contributed by atoms with van der Waals surface area (Å²) in [6, 6.07) is 0. The molecule has 0 aliphatic rings. The van der Waals surface area contributed by atoms with Gasteiger partial charge in [0.15, 0.2) is 0 Å². The molecule has 0 aromatic carbocycles. The summed E-state index contributed by atoms with van der Waals surface area (Å²) in [5.41, 5.74) is 0. The number of Topliss-reactive ketones (excluding diaryl/α,β-unsaturated/α-hetero) is 1. The molecule has 51 valence electrons. The van der Waals surface area contributed by atoms with E-state index in [1.165, 1.54) is 20.8 Å². The number of carbonyl (C=O) groups excluding carboxylic acids is 2. The van der Waals surface area contributed by atoms with Gasteiger partial charge in [-0.05, 0) is 13.8 Å². The predicted octanol–water partition coefficient (Wildman–Crippen LogP) is 0.675. The summed E-state index contributed by atoms with van der Waals surface area (Å²) in [7, 11) is 0. The fraction of sp³-hybridized carbons (Fsp3) is 0.600. The molecule has 0 aliphatic heterocycles. The van der Waals surface area contributed by atoms with Crippen molar-refractivity contribution in [1.29, 1.82) is 0 Å². The van der Waals surface area contributed by atoms with Crippen LogP contribution < -0.4 is 0 Å². The Balaban J connectivity index is 0. The number of hydrogen-bond acceptors (Lipinski definition) is 2. The zero-order valence-electron chi connectivity index (χ0n) is 5.13. The van der Waals surface area contributed by atoms with Crippen molar-refractivity contribution < 1.29 is 29.4 Å². The summed E-state index contributed by atoms with van der Waals surface area (Å²) < 4.78 is 0.139. The molecule has 0 spiro atoms. The average Bonchev–Trinajstić information content (AvgIpc) is 1.25. The monoisotopic (exact) mass is 296 g/mol. The van der Waals surface area contributed by atoms with E-state index in [0.717, 1.165) is 0 Å². The van der Waals surface area contributed by atoms with E-state index in [-0.39, 0.29) is 9.96 Å². The Morgan fingerprint density at radius 1 is 1.12 bits per heavy atom. The van der Waals surface area contributed by atoms with Crippen LogP contribution in [0.5, 0.6) is 0 Å². The molecular weight excluding hydrogens is 287 g/mol. The fourth-order valence-corrected chi connectivity index (χ4v) is 0. The minimum absolute atomic E-state index is 0.139. The molecule has 0 aliphatic carbocycles. The Labute approximate surface area is 60.6 Å². The zero-order valence-corrected chi connectivity index (χ0v) is 7.40. The molecule has 0 fully saturated rings. The van der Waals surface area contributed by atoms with E-state index in [1.54, 1.807) is 19.8 Å². The number of rotatable bonds is 0. The van der Waals surface area contributed by atoms with E-state index < -0.39 is 0 Å². The van der Waals surface area contributed by atoms with Crippen LogP contribution in [0.25, 0.3) is 0 Å². The van der Waals surface area contributed by atoms with Crippen molar-refractivity contribution in [3.63, 3.8) is 0 Å². The third kappa shape index (κ3) is 190000. The second-order valence-corrected chi connectivity index (χ2v) is 2.93. The Kier molecular flexibility index (Phi) is 9.59. The molecule has 0 atom stereocenters. The summed E-state index contributed by atoms with van der Waals surface area (Å²) >= 11 is 1.69. The summed E-state index contributed by atoms with van der Waals surface area (Å²) in [5, 5.41) is 0. The van der Waals surface area contributed by atoms with Gasteiger partial charge in [0.25, 0.3) is 0 Å². The summed E-state index contributed by atoms with van der Waals surface area (Å²) in [6.07, 6.45) is 0. The Morgan fingerprint density at radius 2 is 1.12 bits per heavy atom. The first-order chi connectivity index (χ1) is 3.46. The SMILES string of the molecule is CC(C)=O.C[C](=O)[Pt]. The van der Waals surface area contributed by atoms with Crippen molar-refractivity contribution in [1.82, 2.24) is 0 Å². The Morgan fingerprint density at radius 3 is 1.12 bits per heavy atom. The first kappa shape index (κ1) is 10.9. The maximum absolute atomic E-state index is 9.44. The first-order valence-electron chi connectivity index (χ1n) is 2.07. The van der Waals surface area contributed by atoms with Crippen molar-refractivity contribution in [2.75, 3.05) is 0 Å². The van der Waals surface area contributed by atoms with Gasteiger partial charge >= 0.3 is 35.7 Å². The molecule has 0 saturated carbocycles. The fourth-order valence-electron chi connectivity index (χ4n) is 0. The van der Waals surface area contributed by atoms with Gasteiger partial charge < -0.3 is 4.79 Å². The molecule has 2 nitrogen and oxygen atoms in total. The molecule has 0 rings (SSSR count). The van der Waals surface area contributed by atoms with E-state index in [1.807, 2.05) is 0 Å². The summed E-state index contributed by atoms with van der Waals surface area (Å²) in [4.78, 5) is 18.9. The number of ketones is 1. The maximum atomic E-state index is 9.44. The molecule has 3 heteroatoms. The van der Waals surface area contributed by atoms with Crippen LogP contribution in [0.3, 0.4) is 0 Å². The molecule has 0 saturated heterocycles. The van der Waals surface area contributed by atoms with E-state index in [9.17, 15) is 9.59 Å². The zero-order chi connectivity index (χ0) is 7.15. The van der Waals surface area contributed by atoms with E-state index in [0.29, 0.717) is 0 Å².